The fourth-order valence-electron chi connectivity index (χ4n) is 3.01. The van der Waals surface area contributed by atoms with Gasteiger partial charge in [-0.15, -0.1) is 5.10 Å². The molecule has 3 rings (SSSR count). The first kappa shape index (κ1) is 14.2. The first-order chi connectivity index (χ1) is 10.2. The van der Waals surface area contributed by atoms with E-state index in [-0.39, 0.29) is 5.91 Å². The lowest BCUT2D eigenvalue weighted by molar-refractivity contribution is 0.0717. The van der Waals surface area contributed by atoms with Crippen LogP contribution in [0.15, 0.2) is 24.3 Å². The highest BCUT2D eigenvalue weighted by Crippen LogP contribution is 2.30. The second kappa shape index (κ2) is 5.93. The Hall–Kier alpha value is -1.75. The zero-order valence-corrected chi connectivity index (χ0v) is 13.2. The Kier molecular flexibility index (Phi) is 4.01. The number of likely N-dealkylation sites (tertiary alicyclic amines) is 1. The van der Waals surface area contributed by atoms with Crippen LogP contribution in [-0.4, -0.2) is 33.5 Å². The molecule has 0 bridgehead atoms. The molecule has 1 amide bonds. The highest BCUT2D eigenvalue weighted by Gasteiger charge is 2.27. The maximum Gasteiger partial charge on any atom is 0.267 e. The molecule has 1 fully saturated rings. The molecule has 1 aliphatic heterocycles. The van der Waals surface area contributed by atoms with E-state index >= 15 is 0 Å². The lowest BCUT2D eigenvalue weighted by Crippen LogP contribution is -2.38. The third-order valence-electron chi connectivity index (χ3n) is 4.26. The van der Waals surface area contributed by atoms with E-state index in [1.54, 1.807) is 0 Å². The van der Waals surface area contributed by atoms with E-state index < -0.39 is 0 Å². The molecule has 2 heterocycles. The van der Waals surface area contributed by atoms with Crippen molar-refractivity contribution in [2.75, 3.05) is 13.1 Å². The van der Waals surface area contributed by atoms with Gasteiger partial charge in [-0.05, 0) is 55.3 Å². The molecule has 1 aliphatic rings. The van der Waals surface area contributed by atoms with E-state index in [0.717, 1.165) is 31.6 Å². The number of aryl methyl sites for hydroxylation is 2. The number of hydrogen-bond acceptors (Lipinski definition) is 4. The number of benzene rings is 1. The largest absolute Gasteiger partial charge is 0.338 e. The molecule has 1 aromatic carbocycles. The van der Waals surface area contributed by atoms with Crippen LogP contribution in [0.2, 0.25) is 0 Å². The van der Waals surface area contributed by atoms with Crippen molar-refractivity contribution < 1.29 is 4.79 Å². The minimum atomic E-state index is 0.0886. The number of nitrogens with zero attached hydrogens (tertiary/aromatic N) is 3. The number of hydrogen-bond donors (Lipinski definition) is 0. The van der Waals surface area contributed by atoms with E-state index in [9.17, 15) is 4.79 Å². The zero-order chi connectivity index (χ0) is 14.8. The quantitative estimate of drug-likeness (QED) is 0.856. The predicted molar refractivity (Wildman–Crippen MR) is 83.7 cm³/mol. The molecule has 1 aromatic heterocycles. The van der Waals surface area contributed by atoms with Crippen molar-refractivity contribution in [3.05, 3.63) is 46.0 Å². The molecule has 0 saturated carbocycles. The Bertz CT molecular complexity index is 644. The Morgan fingerprint density at radius 2 is 1.95 bits per heavy atom. The van der Waals surface area contributed by atoms with E-state index in [2.05, 4.69) is 40.8 Å². The van der Waals surface area contributed by atoms with Crippen molar-refractivity contribution in [3.8, 4) is 0 Å². The van der Waals surface area contributed by atoms with E-state index in [4.69, 9.17) is 0 Å². The number of rotatable bonds is 2. The minimum Gasteiger partial charge on any atom is -0.338 e. The molecule has 0 atom stereocenters. The van der Waals surface area contributed by atoms with E-state index in [0.29, 0.717) is 10.8 Å². The summed E-state index contributed by atoms with van der Waals surface area (Å²) in [7, 11) is 0. The van der Waals surface area contributed by atoms with Crippen molar-refractivity contribution in [1.29, 1.82) is 0 Å². The summed E-state index contributed by atoms with van der Waals surface area (Å²) in [6.45, 7) is 5.64. The maximum absolute atomic E-state index is 12.4. The van der Waals surface area contributed by atoms with Gasteiger partial charge in [-0.2, -0.15) is 0 Å². The van der Waals surface area contributed by atoms with Crippen molar-refractivity contribution >= 4 is 17.4 Å². The number of amides is 1. The van der Waals surface area contributed by atoms with Gasteiger partial charge in [0.25, 0.3) is 5.91 Å². The van der Waals surface area contributed by atoms with Crippen LogP contribution in [0.1, 0.15) is 45.3 Å². The normalized spacial score (nSPS) is 16.2. The molecule has 5 heteroatoms. The molecule has 1 saturated heterocycles. The van der Waals surface area contributed by atoms with Gasteiger partial charge >= 0.3 is 0 Å². The number of carbonyl (C=O) groups is 1. The Morgan fingerprint density at radius 1 is 1.24 bits per heavy atom. The first-order valence-corrected chi connectivity index (χ1v) is 8.08. The fourth-order valence-corrected chi connectivity index (χ4v) is 3.63. The zero-order valence-electron chi connectivity index (χ0n) is 12.4. The van der Waals surface area contributed by atoms with Crippen LogP contribution in [0.3, 0.4) is 0 Å². The second-order valence-electron chi connectivity index (χ2n) is 5.61. The number of carbonyl (C=O) groups excluding carboxylic acids is 1. The fraction of sp³-hybridized carbons (Fsp3) is 0.438. The van der Waals surface area contributed by atoms with Gasteiger partial charge in [-0.1, -0.05) is 28.8 Å². The van der Waals surface area contributed by atoms with Crippen LogP contribution < -0.4 is 0 Å². The summed E-state index contributed by atoms with van der Waals surface area (Å²) in [6, 6.07) is 8.57. The summed E-state index contributed by atoms with van der Waals surface area (Å²) < 4.78 is 3.86. The Labute approximate surface area is 129 Å². The van der Waals surface area contributed by atoms with Gasteiger partial charge in [0.2, 0.25) is 0 Å². The third-order valence-corrected chi connectivity index (χ3v) is 5.07. The molecule has 2 aromatic rings. The van der Waals surface area contributed by atoms with Gasteiger partial charge in [0, 0.05) is 13.1 Å². The van der Waals surface area contributed by atoms with Gasteiger partial charge in [0.15, 0.2) is 0 Å². The van der Waals surface area contributed by atoms with Gasteiger partial charge < -0.3 is 4.90 Å². The van der Waals surface area contributed by atoms with Crippen LogP contribution in [-0.2, 0) is 0 Å². The van der Waals surface area contributed by atoms with Gasteiger partial charge in [0.05, 0.1) is 5.69 Å². The maximum atomic E-state index is 12.4. The summed E-state index contributed by atoms with van der Waals surface area (Å²) in [5.41, 5.74) is 3.52. The van der Waals surface area contributed by atoms with Crippen LogP contribution in [0.4, 0.5) is 0 Å². The Morgan fingerprint density at radius 3 is 2.57 bits per heavy atom. The molecule has 0 spiro atoms. The lowest BCUT2D eigenvalue weighted by atomic mass is 9.87. The third kappa shape index (κ3) is 2.83. The number of piperidine rings is 1. The first-order valence-electron chi connectivity index (χ1n) is 7.30. The highest BCUT2D eigenvalue weighted by atomic mass is 32.1. The molecule has 110 valence electrons. The van der Waals surface area contributed by atoms with Crippen molar-refractivity contribution in [1.82, 2.24) is 14.5 Å². The molecular formula is C16H19N3OS. The van der Waals surface area contributed by atoms with Crippen molar-refractivity contribution in [2.24, 2.45) is 0 Å². The molecule has 0 unspecified atom stereocenters. The minimum absolute atomic E-state index is 0.0886. The second-order valence-corrected chi connectivity index (χ2v) is 6.36. The average Bonchev–Trinajstić information content (AvgIpc) is 2.93. The molecule has 21 heavy (non-hydrogen) atoms. The molecule has 0 radical (unpaired) electrons. The SMILES string of the molecule is Cc1ccccc1C1CCN(C(=O)c2snnc2C)CC1. The monoisotopic (exact) mass is 301 g/mol. The molecule has 4 nitrogen and oxygen atoms in total. The Balaban J connectivity index is 1.67. The molecular weight excluding hydrogens is 282 g/mol. The van der Waals surface area contributed by atoms with Crippen molar-refractivity contribution in [3.63, 3.8) is 0 Å². The predicted octanol–water partition coefficient (Wildman–Crippen LogP) is 3.17. The van der Waals surface area contributed by atoms with E-state index in [1.165, 1.54) is 22.7 Å². The van der Waals surface area contributed by atoms with Crippen molar-refractivity contribution in [2.45, 2.75) is 32.6 Å². The number of aromatic nitrogens is 2. The van der Waals surface area contributed by atoms with E-state index in [1.807, 2.05) is 11.8 Å². The van der Waals surface area contributed by atoms with Crippen LogP contribution in [0.25, 0.3) is 0 Å². The highest BCUT2D eigenvalue weighted by molar-refractivity contribution is 7.07. The standard InChI is InChI=1S/C16H19N3OS/c1-11-5-3-4-6-14(11)13-7-9-19(10-8-13)16(20)15-12(2)17-18-21-15/h3-6,13H,7-10H2,1-2H3. The summed E-state index contributed by atoms with van der Waals surface area (Å²) in [5, 5.41) is 3.93. The van der Waals surface area contributed by atoms with Crippen LogP contribution in [0, 0.1) is 13.8 Å². The topological polar surface area (TPSA) is 46.1 Å². The smallest absolute Gasteiger partial charge is 0.267 e. The van der Waals surface area contributed by atoms with Gasteiger partial charge in [0.1, 0.15) is 4.88 Å². The van der Waals surface area contributed by atoms with Gasteiger partial charge in [-0.25, -0.2) is 0 Å². The lowest BCUT2D eigenvalue weighted by Gasteiger charge is -2.32. The molecule has 0 aliphatic carbocycles. The van der Waals surface area contributed by atoms with Crippen LogP contribution in [0.5, 0.6) is 0 Å². The summed E-state index contributed by atoms with van der Waals surface area (Å²) in [4.78, 5) is 15.1. The molecule has 0 N–H and O–H groups in total. The summed E-state index contributed by atoms with van der Waals surface area (Å²) in [6.07, 6.45) is 2.06. The summed E-state index contributed by atoms with van der Waals surface area (Å²) >= 11 is 1.20. The van der Waals surface area contributed by atoms with Gasteiger partial charge in [-0.3, -0.25) is 4.79 Å². The summed E-state index contributed by atoms with van der Waals surface area (Å²) in [5.74, 6) is 0.654. The average molecular weight is 301 g/mol. The van der Waals surface area contributed by atoms with Crippen LogP contribution >= 0.6 is 11.5 Å².